The number of azo groups is 1. The maximum Gasteiger partial charge on any atom is 0.0857 e. The van der Waals surface area contributed by atoms with Gasteiger partial charge in [0.1, 0.15) is 0 Å². The Bertz CT molecular complexity index is 1040. The molecule has 3 aromatic rings. The topological polar surface area (TPSA) is 76.8 Å². The van der Waals surface area contributed by atoms with Crippen LogP contribution in [0.4, 0.5) is 17.1 Å². The number of benzene rings is 3. The van der Waals surface area contributed by atoms with Gasteiger partial charge in [-0.2, -0.15) is 10.2 Å². The van der Waals surface area contributed by atoms with Crippen LogP contribution in [0.1, 0.15) is 16.7 Å². The summed E-state index contributed by atoms with van der Waals surface area (Å²) in [6, 6.07) is 24.1. The van der Waals surface area contributed by atoms with Crippen molar-refractivity contribution in [3.05, 3.63) is 126 Å². The van der Waals surface area contributed by atoms with E-state index in [1.54, 1.807) is 12.2 Å². The summed E-state index contributed by atoms with van der Waals surface area (Å²) in [5.41, 5.74) is 18.3. The van der Waals surface area contributed by atoms with Gasteiger partial charge in [-0.1, -0.05) is 55.1 Å². The molecule has 0 atom stereocenters. The zero-order valence-corrected chi connectivity index (χ0v) is 16.9. The van der Waals surface area contributed by atoms with E-state index in [1.807, 2.05) is 60.7 Å². The van der Waals surface area contributed by atoms with Crippen LogP contribution in [0.2, 0.25) is 0 Å². The fourth-order valence-electron chi connectivity index (χ4n) is 2.89. The van der Waals surface area contributed by atoms with E-state index in [9.17, 15) is 0 Å². The molecule has 0 heterocycles. The minimum absolute atomic E-state index is 0.690. The van der Waals surface area contributed by atoms with Gasteiger partial charge in [0, 0.05) is 11.4 Å². The molecule has 0 aliphatic carbocycles. The number of rotatable bonds is 8. The SMILES string of the molecule is C=C/C=C(N)\C=C/Cc1ccc(N=Nc2ccc(Cc3ccc(N)cc3)cc2)cc1. The van der Waals surface area contributed by atoms with Gasteiger partial charge in [-0.05, 0) is 78.1 Å². The second kappa shape index (κ2) is 10.6. The van der Waals surface area contributed by atoms with Crippen LogP contribution < -0.4 is 11.5 Å². The largest absolute Gasteiger partial charge is 0.399 e. The van der Waals surface area contributed by atoms with Crippen molar-refractivity contribution in [3.8, 4) is 0 Å². The summed E-state index contributed by atoms with van der Waals surface area (Å²) in [5.74, 6) is 0. The summed E-state index contributed by atoms with van der Waals surface area (Å²) in [4.78, 5) is 0. The van der Waals surface area contributed by atoms with Crippen LogP contribution in [-0.2, 0) is 12.8 Å². The predicted molar refractivity (Wildman–Crippen MR) is 126 cm³/mol. The molecular weight excluding hydrogens is 368 g/mol. The first-order valence-corrected chi connectivity index (χ1v) is 9.81. The molecule has 4 N–H and O–H groups in total. The van der Waals surface area contributed by atoms with Crippen LogP contribution in [0.15, 0.2) is 120 Å². The third-order valence-corrected chi connectivity index (χ3v) is 4.52. The molecular formula is C26H26N4. The molecule has 0 saturated heterocycles. The number of anilines is 1. The van der Waals surface area contributed by atoms with Crippen LogP contribution in [0.5, 0.6) is 0 Å². The Morgan fingerprint density at radius 3 is 1.80 bits per heavy atom. The third-order valence-electron chi connectivity index (χ3n) is 4.52. The fourth-order valence-corrected chi connectivity index (χ4v) is 2.89. The Balaban J connectivity index is 1.55. The summed E-state index contributed by atoms with van der Waals surface area (Å²) in [6.45, 7) is 3.63. The fraction of sp³-hybridized carbons (Fsp3) is 0.0769. The monoisotopic (exact) mass is 394 g/mol. The first kappa shape index (κ1) is 20.8. The third kappa shape index (κ3) is 6.60. The first-order valence-electron chi connectivity index (χ1n) is 9.81. The lowest BCUT2D eigenvalue weighted by molar-refractivity contribution is 1.18. The zero-order chi connectivity index (χ0) is 21.2. The number of nitrogens with two attached hydrogens (primary N) is 2. The van der Waals surface area contributed by atoms with Gasteiger partial charge >= 0.3 is 0 Å². The molecule has 4 heteroatoms. The van der Waals surface area contributed by atoms with Crippen molar-refractivity contribution < 1.29 is 0 Å². The van der Waals surface area contributed by atoms with Gasteiger partial charge in [-0.15, -0.1) is 0 Å². The average Bonchev–Trinajstić information content (AvgIpc) is 2.76. The van der Waals surface area contributed by atoms with E-state index in [-0.39, 0.29) is 0 Å². The van der Waals surface area contributed by atoms with Gasteiger partial charge in [-0.3, -0.25) is 0 Å². The molecule has 0 aliphatic heterocycles. The van der Waals surface area contributed by atoms with Crippen molar-refractivity contribution >= 4 is 17.1 Å². The summed E-state index contributed by atoms with van der Waals surface area (Å²) >= 11 is 0. The van der Waals surface area contributed by atoms with E-state index < -0.39 is 0 Å². The second-order valence-corrected chi connectivity index (χ2v) is 6.96. The van der Waals surface area contributed by atoms with Gasteiger partial charge in [0.15, 0.2) is 0 Å². The van der Waals surface area contributed by atoms with Crippen LogP contribution in [0.25, 0.3) is 0 Å². The molecule has 0 spiro atoms. The molecule has 0 aliphatic rings. The molecule has 0 bridgehead atoms. The van der Waals surface area contributed by atoms with Gasteiger partial charge in [-0.25, -0.2) is 0 Å². The minimum Gasteiger partial charge on any atom is -0.399 e. The van der Waals surface area contributed by atoms with Gasteiger partial charge in [0.25, 0.3) is 0 Å². The smallest absolute Gasteiger partial charge is 0.0857 e. The average molecular weight is 395 g/mol. The van der Waals surface area contributed by atoms with E-state index in [1.165, 1.54) is 16.7 Å². The molecule has 0 saturated carbocycles. The van der Waals surface area contributed by atoms with Crippen molar-refractivity contribution in [3.63, 3.8) is 0 Å². The Kier molecular flexibility index (Phi) is 7.34. The molecule has 3 aromatic carbocycles. The molecule has 0 amide bonds. The Morgan fingerprint density at radius 1 is 0.767 bits per heavy atom. The van der Waals surface area contributed by atoms with E-state index in [0.717, 1.165) is 29.9 Å². The van der Waals surface area contributed by atoms with E-state index in [2.05, 4.69) is 41.1 Å². The normalized spacial score (nSPS) is 11.9. The molecule has 3 rings (SSSR count). The number of nitrogens with zero attached hydrogens (tertiary/aromatic N) is 2. The van der Waals surface area contributed by atoms with Crippen molar-refractivity contribution in [2.75, 3.05) is 5.73 Å². The maximum atomic E-state index is 5.79. The van der Waals surface area contributed by atoms with Crippen LogP contribution >= 0.6 is 0 Å². The lowest BCUT2D eigenvalue weighted by atomic mass is 10.0. The lowest BCUT2D eigenvalue weighted by Gasteiger charge is -2.03. The Morgan fingerprint density at radius 2 is 1.27 bits per heavy atom. The first-order chi connectivity index (χ1) is 14.6. The standard InChI is InChI=1S/C26H26N4/c1-2-4-23(27)6-3-5-20-9-15-25(16-10-20)29-30-26-17-11-22(12-18-26)19-21-7-13-24(28)14-8-21/h2-4,6-18H,1,5,19,27-28H2/b6-3-,23-4+,30-29?. The number of hydrogen-bond acceptors (Lipinski definition) is 4. The van der Waals surface area contributed by atoms with E-state index >= 15 is 0 Å². The molecule has 0 fully saturated rings. The molecule has 150 valence electrons. The molecule has 0 aromatic heterocycles. The minimum atomic E-state index is 0.690. The maximum absolute atomic E-state index is 5.79. The van der Waals surface area contributed by atoms with Crippen molar-refractivity contribution in [2.45, 2.75) is 12.8 Å². The van der Waals surface area contributed by atoms with Crippen LogP contribution in [0.3, 0.4) is 0 Å². The van der Waals surface area contributed by atoms with Crippen molar-refractivity contribution in [1.82, 2.24) is 0 Å². The zero-order valence-electron chi connectivity index (χ0n) is 16.9. The lowest BCUT2D eigenvalue weighted by Crippen LogP contribution is -1.91. The van der Waals surface area contributed by atoms with Crippen molar-refractivity contribution in [2.24, 2.45) is 16.0 Å². The predicted octanol–water partition coefficient (Wildman–Crippen LogP) is 6.40. The summed E-state index contributed by atoms with van der Waals surface area (Å²) in [6.07, 6.45) is 9.02. The quantitative estimate of drug-likeness (QED) is 0.263. The summed E-state index contributed by atoms with van der Waals surface area (Å²) < 4.78 is 0. The van der Waals surface area contributed by atoms with E-state index in [0.29, 0.717) is 5.70 Å². The number of allylic oxidation sites excluding steroid dienone is 4. The second-order valence-electron chi connectivity index (χ2n) is 6.96. The Hall–Kier alpha value is -3.92. The summed E-state index contributed by atoms with van der Waals surface area (Å²) in [5, 5.41) is 8.66. The molecule has 30 heavy (non-hydrogen) atoms. The van der Waals surface area contributed by atoms with Gasteiger partial charge in [0.05, 0.1) is 11.4 Å². The highest BCUT2D eigenvalue weighted by Gasteiger charge is 1.98. The highest BCUT2D eigenvalue weighted by Crippen LogP contribution is 2.21. The van der Waals surface area contributed by atoms with Crippen molar-refractivity contribution in [1.29, 1.82) is 0 Å². The highest BCUT2D eigenvalue weighted by molar-refractivity contribution is 5.44. The van der Waals surface area contributed by atoms with Crippen LogP contribution in [0, 0.1) is 0 Å². The van der Waals surface area contributed by atoms with E-state index in [4.69, 9.17) is 11.5 Å². The Labute approximate surface area is 178 Å². The van der Waals surface area contributed by atoms with Gasteiger partial charge < -0.3 is 11.5 Å². The summed E-state index contributed by atoms with van der Waals surface area (Å²) in [7, 11) is 0. The molecule has 0 radical (unpaired) electrons. The highest BCUT2D eigenvalue weighted by atomic mass is 15.1. The molecule has 0 unspecified atom stereocenters. The number of hydrogen-bond donors (Lipinski definition) is 2. The van der Waals surface area contributed by atoms with Crippen LogP contribution in [-0.4, -0.2) is 0 Å². The van der Waals surface area contributed by atoms with Gasteiger partial charge in [0.2, 0.25) is 0 Å². The molecule has 4 nitrogen and oxygen atoms in total. The number of nitrogen functional groups attached to an aromatic ring is 1.